The minimum Gasteiger partial charge on any atom is -0.493 e. The summed E-state index contributed by atoms with van der Waals surface area (Å²) in [6.45, 7) is 1.29. The predicted octanol–water partition coefficient (Wildman–Crippen LogP) is 4.87. The summed E-state index contributed by atoms with van der Waals surface area (Å²) in [5.74, 6) is 0.0563. The zero-order valence-corrected chi connectivity index (χ0v) is 24.1. The van der Waals surface area contributed by atoms with Crippen molar-refractivity contribution in [3.05, 3.63) is 77.9 Å². The van der Waals surface area contributed by atoms with Crippen molar-refractivity contribution in [3.63, 3.8) is 0 Å². The minimum absolute atomic E-state index is 0.00802. The molecule has 1 heterocycles. The van der Waals surface area contributed by atoms with E-state index in [0.29, 0.717) is 39.3 Å². The molecule has 0 spiro atoms. The molecule has 218 valence electrons. The van der Waals surface area contributed by atoms with Crippen molar-refractivity contribution in [1.29, 1.82) is 0 Å². The van der Waals surface area contributed by atoms with Gasteiger partial charge in [-0.05, 0) is 61.7 Å². The standard InChI is InChI=1S/C32H35N5O5/c1-21(38)22-10-9-13-25(18-22)37(30(39)20-36-27-15-8-7-14-26(27)34-35-36)31(32(40)33-24-11-5-4-6-12-24)23-16-17-28(41-2)29(19-23)42-3/h7-10,13-19,24,31H,4-6,11-12,20H2,1-3H3,(H,33,40). The number of hydrogen-bond acceptors (Lipinski definition) is 7. The smallest absolute Gasteiger partial charge is 0.249 e. The first-order chi connectivity index (χ1) is 20.4. The third kappa shape index (κ3) is 6.12. The fourth-order valence-electron chi connectivity index (χ4n) is 5.52. The van der Waals surface area contributed by atoms with Crippen LogP contribution in [0.5, 0.6) is 11.5 Å². The van der Waals surface area contributed by atoms with Crippen LogP contribution in [-0.4, -0.2) is 52.9 Å². The average molecular weight is 570 g/mol. The Morgan fingerprint density at radius 1 is 0.952 bits per heavy atom. The number of aromatic nitrogens is 3. The minimum atomic E-state index is -1.07. The topological polar surface area (TPSA) is 116 Å². The Kier molecular flexibility index (Phi) is 8.80. The number of rotatable bonds is 10. The third-order valence-corrected chi connectivity index (χ3v) is 7.69. The molecule has 5 rings (SSSR count). The number of fused-ring (bicyclic) bond motifs is 1. The highest BCUT2D eigenvalue weighted by Gasteiger charge is 2.35. The lowest BCUT2D eigenvalue weighted by Gasteiger charge is -2.34. The molecule has 1 aliphatic carbocycles. The van der Waals surface area contributed by atoms with Crippen LogP contribution in [0.4, 0.5) is 5.69 Å². The van der Waals surface area contributed by atoms with Crippen molar-refractivity contribution < 1.29 is 23.9 Å². The van der Waals surface area contributed by atoms with Crippen LogP contribution >= 0.6 is 0 Å². The maximum atomic E-state index is 14.3. The maximum absolute atomic E-state index is 14.3. The van der Waals surface area contributed by atoms with Gasteiger partial charge in [0.25, 0.3) is 0 Å². The molecule has 0 radical (unpaired) electrons. The average Bonchev–Trinajstić information content (AvgIpc) is 3.42. The van der Waals surface area contributed by atoms with Crippen LogP contribution in [0.1, 0.15) is 61.0 Å². The molecule has 3 aromatic carbocycles. The Bertz CT molecular complexity index is 1590. The second kappa shape index (κ2) is 12.8. The normalized spacial score (nSPS) is 14.3. The van der Waals surface area contributed by atoms with E-state index in [1.54, 1.807) is 42.5 Å². The number of Topliss-reactive ketones (excluding diaryl/α,β-unsaturated/α-hetero) is 1. The number of amides is 2. The van der Waals surface area contributed by atoms with E-state index >= 15 is 0 Å². The van der Waals surface area contributed by atoms with Gasteiger partial charge in [-0.25, -0.2) is 4.68 Å². The van der Waals surface area contributed by atoms with Crippen molar-refractivity contribution in [1.82, 2.24) is 20.3 Å². The monoisotopic (exact) mass is 569 g/mol. The van der Waals surface area contributed by atoms with Crippen LogP contribution in [0.3, 0.4) is 0 Å². The van der Waals surface area contributed by atoms with E-state index in [-0.39, 0.29) is 24.3 Å². The number of hydrogen-bond donors (Lipinski definition) is 1. The van der Waals surface area contributed by atoms with Crippen molar-refractivity contribution in [3.8, 4) is 11.5 Å². The molecule has 1 atom stereocenters. The first-order valence-electron chi connectivity index (χ1n) is 14.1. The van der Waals surface area contributed by atoms with Crippen LogP contribution in [0.2, 0.25) is 0 Å². The largest absolute Gasteiger partial charge is 0.493 e. The summed E-state index contributed by atoms with van der Waals surface area (Å²) in [4.78, 5) is 42.4. The second-order valence-electron chi connectivity index (χ2n) is 10.5. The van der Waals surface area contributed by atoms with Gasteiger partial charge < -0.3 is 14.8 Å². The first-order valence-corrected chi connectivity index (χ1v) is 14.1. The summed E-state index contributed by atoms with van der Waals surface area (Å²) >= 11 is 0. The maximum Gasteiger partial charge on any atom is 0.249 e. The van der Waals surface area contributed by atoms with Crippen LogP contribution in [0.25, 0.3) is 11.0 Å². The summed E-state index contributed by atoms with van der Waals surface area (Å²) in [7, 11) is 3.06. The molecule has 1 aliphatic rings. The van der Waals surface area contributed by atoms with Gasteiger partial charge in [0, 0.05) is 17.3 Å². The summed E-state index contributed by atoms with van der Waals surface area (Å²) in [5, 5.41) is 11.6. The lowest BCUT2D eigenvalue weighted by atomic mass is 9.94. The Labute approximate surface area is 244 Å². The molecule has 4 aromatic rings. The van der Waals surface area contributed by atoms with E-state index < -0.39 is 11.9 Å². The number of para-hydroxylation sites is 1. The Morgan fingerprint density at radius 2 is 1.71 bits per heavy atom. The molecule has 0 aliphatic heterocycles. The van der Waals surface area contributed by atoms with Crippen molar-refractivity contribution in [2.45, 2.75) is 57.7 Å². The van der Waals surface area contributed by atoms with E-state index in [1.807, 2.05) is 24.3 Å². The molecule has 10 heteroatoms. The fraction of sp³-hybridized carbons (Fsp3) is 0.344. The molecule has 42 heavy (non-hydrogen) atoms. The zero-order chi connectivity index (χ0) is 29.6. The summed E-state index contributed by atoms with van der Waals surface area (Å²) < 4.78 is 12.5. The van der Waals surface area contributed by atoms with E-state index in [0.717, 1.165) is 32.1 Å². The highest BCUT2D eigenvalue weighted by Crippen LogP contribution is 2.35. The number of ketones is 1. The number of ether oxygens (including phenoxy) is 2. The number of nitrogens with zero attached hydrogens (tertiary/aromatic N) is 4. The van der Waals surface area contributed by atoms with Crippen LogP contribution in [0.15, 0.2) is 66.7 Å². The Hall–Kier alpha value is -4.73. The number of methoxy groups -OCH3 is 2. The van der Waals surface area contributed by atoms with Crippen molar-refractivity contribution >= 4 is 34.3 Å². The number of carbonyl (C=O) groups excluding carboxylic acids is 3. The number of anilines is 1. The molecule has 0 saturated heterocycles. The molecular weight excluding hydrogens is 534 g/mol. The quantitative estimate of drug-likeness (QED) is 0.271. The van der Waals surface area contributed by atoms with Crippen LogP contribution < -0.4 is 19.7 Å². The van der Waals surface area contributed by atoms with E-state index in [2.05, 4.69) is 15.6 Å². The molecule has 10 nitrogen and oxygen atoms in total. The van der Waals surface area contributed by atoms with Gasteiger partial charge in [0.2, 0.25) is 11.8 Å². The zero-order valence-electron chi connectivity index (χ0n) is 24.1. The molecule has 0 bridgehead atoms. The van der Waals surface area contributed by atoms with Gasteiger partial charge in [0.15, 0.2) is 17.3 Å². The molecule has 1 N–H and O–H groups in total. The summed E-state index contributed by atoms with van der Waals surface area (Å²) in [6.07, 6.45) is 4.97. The molecule has 1 aromatic heterocycles. The van der Waals surface area contributed by atoms with Gasteiger partial charge in [0.1, 0.15) is 18.1 Å². The van der Waals surface area contributed by atoms with Gasteiger partial charge in [-0.3, -0.25) is 19.3 Å². The molecule has 2 amide bonds. The van der Waals surface area contributed by atoms with Gasteiger partial charge in [-0.1, -0.05) is 54.8 Å². The van der Waals surface area contributed by atoms with Crippen molar-refractivity contribution in [2.24, 2.45) is 0 Å². The third-order valence-electron chi connectivity index (χ3n) is 7.69. The molecular formula is C32H35N5O5. The van der Waals surface area contributed by atoms with Crippen LogP contribution in [-0.2, 0) is 16.1 Å². The van der Waals surface area contributed by atoms with E-state index in [4.69, 9.17) is 9.47 Å². The number of benzene rings is 3. The summed E-state index contributed by atoms with van der Waals surface area (Å²) in [6, 6.07) is 18.2. The number of carbonyl (C=O) groups is 3. The van der Waals surface area contributed by atoms with Crippen LogP contribution in [0, 0.1) is 0 Å². The first kappa shape index (κ1) is 28.8. The highest BCUT2D eigenvalue weighted by atomic mass is 16.5. The predicted molar refractivity (Wildman–Crippen MR) is 159 cm³/mol. The molecule has 1 fully saturated rings. The Morgan fingerprint density at radius 3 is 2.45 bits per heavy atom. The number of nitrogens with one attached hydrogen (secondary N) is 1. The highest BCUT2D eigenvalue weighted by molar-refractivity contribution is 6.03. The van der Waals surface area contributed by atoms with E-state index in [9.17, 15) is 14.4 Å². The summed E-state index contributed by atoms with van der Waals surface area (Å²) in [5.41, 5.74) is 2.72. The second-order valence-corrected chi connectivity index (χ2v) is 10.5. The van der Waals surface area contributed by atoms with Gasteiger partial charge >= 0.3 is 0 Å². The fourth-order valence-corrected chi connectivity index (χ4v) is 5.52. The van der Waals surface area contributed by atoms with Gasteiger partial charge in [-0.15, -0.1) is 5.10 Å². The molecule has 1 saturated carbocycles. The lowest BCUT2D eigenvalue weighted by Crippen LogP contribution is -2.48. The van der Waals surface area contributed by atoms with E-state index in [1.165, 1.54) is 30.7 Å². The van der Waals surface area contributed by atoms with Gasteiger partial charge in [-0.2, -0.15) is 0 Å². The SMILES string of the molecule is COc1ccc(C(C(=O)NC2CCCCC2)N(C(=O)Cn2nnc3ccccc32)c2cccc(C(C)=O)c2)cc1OC. The van der Waals surface area contributed by atoms with Gasteiger partial charge in [0.05, 0.1) is 19.7 Å². The Balaban J connectivity index is 1.63. The van der Waals surface area contributed by atoms with Crippen molar-refractivity contribution in [2.75, 3.05) is 19.1 Å². The lowest BCUT2D eigenvalue weighted by molar-refractivity contribution is -0.127. The molecule has 1 unspecified atom stereocenters.